The number of aliphatic hydroxyl groups excluding tert-OH is 2. The van der Waals surface area contributed by atoms with Gasteiger partial charge in [-0.05, 0) is 51.4 Å². The monoisotopic (exact) mass is 577 g/mol. The first kappa shape index (κ1) is 36.4. The molecule has 42 heavy (non-hydrogen) atoms. The number of hydrogen-bond acceptors (Lipinski definition) is 6. The quantitative estimate of drug-likeness (QED) is 0.143. The van der Waals surface area contributed by atoms with Crippen molar-refractivity contribution in [3.05, 3.63) is 85.4 Å². The Balaban J connectivity index is 0.00000431. The number of fused-ring (bicyclic) bond motifs is 1. The summed E-state index contributed by atoms with van der Waals surface area (Å²) in [5, 5.41) is 21.3. The van der Waals surface area contributed by atoms with Crippen molar-refractivity contribution < 1.29 is 15.0 Å². The van der Waals surface area contributed by atoms with Crippen LogP contribution in [-0.4, -0.2) is 48.9 Å². The van der Waals surface area contributed by atoms with Gasteiger partial charge < -0.3 is 14.8 Å². The summed E-state index contributed by atoms with van der Waals surface area (Å²) in [6.45, 7) is 6.55. The van der Waals surface area contributed by atoms with E-state index in [1.165, 1.54) is 0 Å². The molecule has 2 heterocycles. The lowest BCUT2D eigenvalue weighted by Gasteiger charge is -2.11. The Morgan fingerprint density at radius 2 is 1.36 bits per heavy atom. The van der Waals surface area contributed by atoms with Gasteiger partial charge in [-0.3, -0.25) is 10.1 Å². The summed E-state index contributed by atoms with van der Waals surface area (Å²) in [5.74, 6) is -0.0964. The van der Waals surface area contributed by atoms with Crippen LogP contribution in [0, 0.1) is 5.92 Å². The molecule has 0 radical (unpaired) electrons. The van der Waals surface area contributed by atoms with Crippen LogP contribution in [0.15, 0.2) is 85.4 Å². The molecular weight excluding hydrogens is 526 g/mol. The molecule has 0 saturated heterocycles. The van der Waals surface area contributed by atoms with Crippen molar-refractivity contribution in [3.63, 3.8) is 0 Å². The smallest absolute Gasteiger partial charge is 0.231 e. The molecule has 8 heteroatoms. The van der Waals surface area contributed by atoms with Crippen molar-refractivity contribution in [2.45, 2.75) is 85.1 Å². The molecule has 0 aromatic carbocycles. The second-order valence-electron chi connectivity index (χ2n) is 9.36. The zero-order valence-corrected chi connectivity index (χ0v) is 25.7. The van der Waals surface area contributed by atoms with Crippen molar-refractivity contribution in [1.29, 1.82) is 0 Å². The third-order valence-corrected chi connectivity index (χ3v) is 6.04. The Morgan fingerprint density at radius 1 is 0.833 bits per heavy atom. The van der Waals surface area contributed by atoms with E-state index in [1.54, 1.807) is 12.5 Å². The van der Waals surface area contributed by atoms with E-state index in [-0.39, 0.29) is 31.0 Å². The number of nitrogens with zero attached hydrogens (tertiary/aromatic N) is 4. The third-order valence-electron chi connectivity index (χ3n) is 6.04. The Kier molecular flexibility index (Phi) is 21.8. The fraction of sp³-hybridized carbons (Fsp3) is 0.471. The number of amides is 1. The molecular formula is C34H51N5O3. The summed E-state index contributed by atoms with van der Waals surface area (Å²) in [4.78, 5) is 25.2. The van der Waals surface area contributed by atoms with Crippen LogP contribution < -0.4 is 5.32 Å². The number of allylic oxidation sites excluding steroid dienone is 12. The van der Waals surface area contributed by atoms with Crippen LogP contribution in [0.1, 0.15) is 78.6 Å². The highest BCUT2D eigenvalue weighted by molar-refractivity contribution is 5.89. The van der Waals surface area contributed by atoms with Gasteiger partial charge in [0.15, 0.2) is 5.65 Å². The first-order chi connectivity index (χ1) is 20.7. The summed E-state index contributed by atoms with van der Waals surface area (Å²) in [5.41, 5.74) is 1.23. The first-order valence-corrected chi connectivity index (χ1v) is 15.3. The van der Waals surface area contributed by atoms with Gasteiger partial charge in [-0.2, -0.15) is 4.98 Å². The minimum Gasteiger partial charge on any atom is -0.396 e. The maximum atomic E-state index is 12.3. The molecule has 8 nitrogen and oxygen atoms in total. The lowest BCUT2D eigenvalue weighted by molar-refractivity contribution is -0.116. The van der Waals surface area contributed by atoms with Crippen LogP contribution in [0.25, 0.3) is 11.2 Å². The van der Waals surface area contributed by atoms with Gasteiger partial charge in [0.1, 0.15) is 5.52 Å². The molecule has 0 saturated carbocycles. The maximum absolute atomic E-state index is 12.3. The molecule has 2 aromatic rings. The topological polar surface area (TPSA) is 113 Å². The zero-order valence-electron chi connectivity index (χ0n) is 25.7. The summed E-state index contributed by atoms with van der Waals surface area (Å²) in [6.07, 6.45) is 36.5. The molecule has 0 aliphatic rings. The molecule has 3 N–H and O–H groups in total. The molecule has 0 aliphatic carbocycles. The van der Waals surface area contributed by atoms with E-state index in [4.69, 9.17) is 0 Å². The molecule has 1 amide bonds. The lowest BCUT2D eigenvalue weighted by Crippen LogP contribution is -2.15. The number of carbonyl (C=O) groups excluding carboxylic acids is 1. The fourth-order valence-electron chi connectivity index (χ4n) is 3.68. The Bertz CT molecular complexity index is 1160. The maximum Gasteiger partial charge on any atom is 0.231 e. The van der Waals surface area contributed by atoms with Gasteiger partial charge >= 0.3 is 0 Å². The minimum absolute atomic E-state index is 0.0732. The van der Waals surface area contributed by atoms with Crippen molar-refractivity contribution in [3.8, 4) is 0 Å². The number of aryl methyl sites for hydroxylation is 1. The molecule has 230 valence electrons. The van der Waals surface area contributed by atoms with E-state index in [0.717, 1.165) is 38.5 Å². The second-order valence-corrected chi connectivity index (χ2v) is 9.36. The largest absolute Gasteiger partial charge is 0.396 e. The van der Waals surface area contributed by atoms with Gasteiger partial charge in [0.2, 0.25) is 11.9 Å². The number of nitrogens with one attached hydrogen (secondary N) is 1. The standard InChI is InChI=1S/C32H45N5O3.C2H6/c1-2-3-4-5-6-7-8-9-10-11-12-13-14-15-16-17-18-19-20-21-30(40)35-32-33-24-29-31(36-32)37(27-34-29)23-22-28(25-38)26-39;1-2/h3-4,6-7,9-10,12-13,15-16,18-19,24,27-28,38-39H,2,5,8,11,14,17,20-23,25-26H2,1H3,(H,33,35,36,40);1-2H3/b4-3-,7-6-,10-9-,13-12-,16-15-,19-18-;. The van der Waals surface area contributed by atoms with Crippen LogP contribution in [-0.2, 0) is 11.3 Å². The molecule has 2 rings (SSSR count). The number of aromatic nitrogens is 4. The Morgan fingerprint density at radius 3 is 1.88 bits per heavy atom. The van der Waals surface area contributed by atoms with Crippen molar-refractivity contribution >= 4 is 23.0 Å². The average Bonchev–Trinajstić information content (AvgIpc) is 3.42. The summed E-state index contributed by atoms with van der Waals surface area (Å²) < 4.78 is 1.84. The Labute approximate surface area is 252 Å². The highest BCUT2D eigenvalue weighted by Gasteiger charge is 2.11. The van der Waals surface area contributed by atoms with Gasteiger partial charge in [-0.1, -0.05) is 93.7 Å². The number of carbonyl (C=O) groups is 1. The molecule has 0 atom stereocenters. The first-order valence-electron chi connectivity index (χ1n) is 15.3. The van der Waals surface area contributed by atoms with Crippen LogP contribution in [0.4, 0.5) is 5.95 Å². The van der Waals surface area contributed by atoms with Crippen LogP contribution in [0.5, 0.6) is 0 Å². The number of imidazole rings is 1. The highest BCUT2D eigenvalue weighted by Crippen LogP contribution is 2.14. The normalized spacial score (nSPS) is 12.3. The van der Waals surface area contributed by atoms with Gasteiger partial charge in [-0.15, -0.1) is 0 Å². The predicted octanol–water partition coefficient (Wildman–Crippen LogP) is 7.26. The molecule has 0 bridgehead atoms. The summed E-state index contributed by atoms with van der Waals surface area (Å²) in [6, 6.07) is 0. The summed E-state index contributed by atoms with van der Waals surface area (Å²) in [7, 11) is 0. The minimum atomic E-state index is -0.188. The van der Waals surface area contributed by atoms with Crippen molar-refractivity contribution in [2.75, 3.05) is 18.5 Å². The van der Waals surface area contributed by atoms with E-state index in [0.29, 0.717) is 37.0 Å². The van der Waals surface area contributed by atoms with E-state index in [9.17, 15) is 15.0 Å². The predicted molar refractivity (Wildman–Crippen MR) is 175 cm³/mol. The molecule has 2 aromatic heterocycles. The Hall–Kier alpha value is -3.62. The van der Waals surface area contributed by atoms with Crippen molar-refractivity contribution in [2.24, 2.45) is 5.92 Å². The molecule has 0 unspecified atom stereocenters. The van der Waals surface area contributed by atoms with Crippen LogP contribution in [0.3, 0.4) is 0 Å². The number of hydrogen-bond donors (Lipinski definition) is 3. The molecule has 0 spiro atoms. The van der Waals surface area contributed by atoms with Crippen LogP contribution in [0.2, 0.25) is 0 Å². The van der Waals surface area contributed by atoms with Crippen molar-refractivity contribution in [1.82, 2.24) is 19.5 Å². The lowest BCUT2D eigenvalue weighted by atomic mass is 10.1. The van der Waals surface area contributed by atoms with Gasteiger partial charge in [0, 0.05) is 32.1 Å². The van der Waals surface area contributed by atoms with Crippen LogP contribution >= 0.6 is 0 Å². The number of anilines is 1. The zero-order chi connectivity index (χ0) is 30.7. The van der Waals surface area contributed by atoms with Gasteiger partial charge in [0.25, 0.3) is 0 Å². The summed E-state index contributed by atoms with van der Waals surface area (Å²) >= 11 is 0. The molecule has 0 fully saturated rings. The second kappa shape index (κ2) is 25.1. The third kappa shape index (κ3) is 16.6. The van der Waals surface area contributed by atoms with Gasteiger partial charge in [-0.25, -0.2) is 9.97 Å². The van der Waals surface area contributed by atoms with E-state index in [2.05, 4.69) is 94.0 Å². The van der Waals surface area contributed by atoms with E-state index < -0.39 is 0 Å². The molecule has 0 aliphatic heterocycles. The van der Waals surface area contributed by atoms with Gasteiger partial charge in [0.05, 0.1) is 12.5 Å². The number of aliphatic hydroxyl groups is 2. The number of rotatable bonds is 20. The van der Waals surface area contributed by atoms with E-state index in [1.807, 2.05) is 24.5 Å². The highest BCUT2D eigenvalue weighted by atomic mass is 16.3. The van der Waals surface area contributed by atoms with E-state index >= 15 is 0 Å². The fourth-order valence-corrected chi connectivity index (χ4v) is 3.68. The SMILES string of the molecule is CC.CC/C=C\C/C=C\C/C=C\C/C=C\C/C=C\C/C=C\CCC(=O)Nc1ncc2ncn(CCC(CO)CO)c2n1. The average molecular weight is 578 g/mol.